The molecule has 3 rings (SSSR count). The fourth-order valence-corrected chi connectivity index (χ4v) is 2.95. The van der Waals surface area contributed by atoms with E-state index in [1.54, 1.807) is 0 Å². The van der Waals surface area contributed by atoms with E-state index < -0.39 is 0 Å². The first-order chi connectivity index (χ1) is 9.35. The lowest BCUT2D eigenvalue weighted by Crippen LogP contribution is -2.35. The minimum Gasteiger partial charge on any atom is -0.439 e. The van der Waals surface area contributed by atoms with Crippen LogP contribution in [0.15, 0.2) is 28.7 Å². The first-order valence-electron chi connectivity index (χ1n) is 7.12. The Bertz CT molecular complexity index is 502. The molecule has 1 atom stereocenters. The molecule has 4 heteroatoms. The third-order valence-electron chi connectivity index (χ3n) is 3.88. The molecule has 0 aliphatic carbocycles. The lowest BCUT2D eigenvalue weighted by atomic mass is 9.95. The topological polar surface area (TPSA) is 55.3 Å². The normalized spacial score (nSPS) is 21.0. The summed E-state index contributed by atoms with van der Waals surface area (Å²) in [6.45, 7) is 3.87. The Morgan fingerprint density at radius 1 is 1.37 bits per heavy atom. The summed E-state index contributed by atoms with van der Waals surface area (Å²) in [7, 11) is 0. The van der Waals surface area contributed by atoms with Crippen LogP contribution < -0.4 is 5.73 Å². The number of likely N-dealkylation sites (tertiary alicyclic amines) is 1. The highest BCUT2D eigenvalue weighted by Gasteiger charge is 2.20. The van der Waals surface area contributed by atoms with Gasteiger partial charge in [0, 0.05) is 6.54 Å². The van der Waals surface area contributed by atoms with Crippen molar-refractivity contribution in [2.45, 2.75) is 25.8 Å². The summed E-state index contributed by atoms with van der Waals surface area (Å²) in [5, 5.41) is 0. The van der Waals surface area contributed by atoms with E-state index in [0.29, 0.717) is 0 Å². The van der Waals surface area contributed by atoms with Gasteiger partial charge in [0.1, 0.15) is 5.52 Å². The van der Waals surface area contributed by atoms with E-state index in [1.807, 2.05) is 24.3 Å². The molecule has 1 aliphatic rings. The first kappa shape index (κ1) is 12.6. The van der Waals surface area contributed by atoms with Crippen molar-refractivity contribution >= 4 is 11.1 Å². The minimum atomic E-state index is 0.739. The molecule has 19 heavy (non-hydrogen) atoms. The van der Waals surface area contributed by atoms with Gasteiger partial charge >= 0.3 is 0 Å². The van der Waals surface area contributed by atoms with Crippen LogP contribution in [-0.4, -0.2) is 29.5 Å². The van der Waals surface area contributed by atoms with Crippen LogP contribution in [0.5, 0.6) is 0 Å². The molecular weight excluding hydrogens is 238 g/mol. The Balaban J connectivity index is 1.67. The summed E-state index contributed by atoms with van der Waals surface area (Å²) >= 11 is 0. The van der Waals surface area contributed by atoms with Crippen LogP contribution in [-0.2, 0) is 6.54 Å². The molecule has 0 radical (unpaired) electrons. The molecule has 2 N–H and O–H groups in total. The minimum absolute atomic E-state index is 0.739. The zero-order chi connectivity index (χ0) is 13.1. The predicted molar refractivity (Wildman–Crippen MR) is 75.7 cm³/mol. The number of benzene rings is 1. The van der Waals surface area contributed by atoms with Crippen molar-refractivity contribution in [3.63, 3.8) is 0 Å². The second-order valence-electron chi connectivity index (χ2n) is 5.40. The van der Waals surface area contributed by atoms with Gasteiger partial charge in [-0.3, -0.25) is 4.90 Å². The highest BCUT2D eigenvalue weighted by Crippen LogP contribution is 2.22. The van der Waals surface area contributed by atoms with Crippen molar-refractivity contribution in [1.29, 1.82) is 0 Å². The lowest BCUT2D eigenvalue weighted by Gasteiger charge is -2.31. The van der Waals surface area contributed by atoms with Crippen molar-refractivity contribution in [2.24, 2.45) is 11.7 Å². The fraction of sp³-hybridized carbons (Fsp3) is 0.533. The van der Waals surface area contributed by atoms with E-state index >= 15 is 0 Å². The quantitative estimate of drug-likeness (QED) is 0.916. The molecule has 2 aromatic rings. The standard InChI is InChI=1S/C15H21N3O/c16-8-7-12-4-3-9-18(10-12)11-15-17-13-5-1-2-6-14(13)19-15/h1-2,5-6,12H,3-4,7-11,16H2. The van der Waals surface area contributed by atoms with Crippen LogP contribution in [0.4, 0.5) is 0 Å². The number of piperidine rings is 1. The van der Waals surface area contributed by atoms with Crippen LogP contribution in [0.3, 0.4) is 0 Å². The Morgan fingerprint density at radius 2 is 2.26 bits per heavy atom. The van der Waals surface area contributed by atoms with Crippen LogP contribution >= 0.6 is 0 Å². The molecule has 1 saturated heterocycles. The van der Waals surface area contributed by atoms with E-state index in [4.69, 9.17) is 10.2 Å². The third-order valence-corrected chi connectivity index (χ3v) is 3.88. The number of oxazole rings is 1. The number of rotatable bonds is 4. The summed E-state index contributed by atoms with van der Waals surface area (Å²) in [6, 6.07) is 7.94. The third kappa shape index (κ3) is 2.96. The maximum Gasteiger partial charge on any atom is 0.209 e. The summed E-state index contributed by atoms with van der Waals surface area (Å²) in [6.07, 6.45) is 3.69. The lowest BCUT2D eigenvalue weighted by molar-refractivity contribution is 0.151. The Morgan fingerprint density at radius 3 is 3.11 bits per heavy atom. The van der Waals surface area contributed by atoms with Crippen LogP contribution in [0.1, 0.15) is 25.2 Å². The van der Waals surface area contributed by atoms with Crippen LogP contribution in [0, 0.1) is 5.92 Å². The average molecular weight is 259 g/mol. The molecule has 0 spiro atoms. The maximum absolute atomic E-state index is 5.79. The second-order valence-corrected chi connectivity index (χ2v) is 5.40. The molecule has 0 amide bonds. The smallest absolute Gasteiger partial charge is 0.209 e. The number of hydrogen-bond donors (Lipinski definition) is 1. The van der Waals surface area contributed by atoms with E-state index in [0.717, 1.165) is 55.5 Å². The van der Waals surface area contributed by atoms with Gasteiger partial charge in [-0.25, -0.2) is 4.98 Å². The van der Waals surface area contributed by atoms with Crippen molar-refractivity contribution in [3.8, 4) is 0 Å². The fourth-order valence-electron chi connectivity index (χ4n) is 2.95. The van der Waals surface area contributed by atoms with Gasteiger partial charge < -0.3 is 10.2 Å². The molecule has 0 bridgehead atoms. The number of nitrogens with zero attached hydrogens (tertiary/aromatic N) is 2. The molecule has 1 aromatic carbocycles. The molecule has 0 saturated carbocycles. The van der Waals surface area contributed by atoms with Gasteiger partial charge in [0.25, 0.3) is 0 Å². The average Bonchev–Trinajstić information content (AvgIpc) is 2.81. The van der Waals surface area contributed by atoms with Crippen LogP contribution in [0.25, 0.3) is 11.1 Å². The van der Waals surface area contributed by atoms with Gasteiger partial charge in [0.05, 0.1) is 6.54 Å². The van der Waals surface area contributed by atoms with Crippen molar-refractivity contribution in [3.05, 3.63) is 30.2 Å². The summed E-state index contributed by atoms with van der Waals surface area (Å²) in [5.74, 6) is 1.57. The van der Waals surface area contributed by atoms with Crippen molar-refractivity contribution in [2.75, 3.05) is 19.6 Å². The molecule has 1 fully saturated rings. The SMILES string of the molecule is NCCC1CCCN(Cc2nc3ccccc3o2)C1. The number of hydrogen-bond acceptors (Lipinski definition) is 4. The maximum atomic E-state index is 5.79. The zero-order valence-electron chi connectivity index (χ0n) is 11.2. The number of nitrogens with two attached hydrogens (primary N) is 1. The highest BCUT2D eigenvalue weighted by atomic mass is 16.3. The van der Waals surface area contributed by atoms with E-state index in [9.17, 15) is 0 Å². The first-order valence-corrected chi connectivity index (χ1v) is 7.12. The number of para-hydroxylation sites is 2. The molecule has 1 unspecified atom stereocenters. The second kappa shape index (κ2) is 5.72. The van der Waals surface area contributed by atoms with Gasteiger partial charge in [-0.05, 0) is 50.4 Å². The summed E-state index contributed by atoms with van der Waals surface area (Å²) < 4.78 is 5.79. The van der Waals surface area contributed by atoms with Gasteiger partial charge in [0.15, 0.2) is 5.58 Å². The Hall–Kier alpha value is -1.39. The summed E-state index contributed by atoms with van der Waals surface area (Å²) in [5.41, 5.74) is 7.49. The summed E-state index contributed by atoms with van der Waals surface area (Å²) in [4.78, 5) is 6.98. The van der Waals surface area contributed by atoms with Gasteiger partial charge in [-0.15, -0.1) is 0 Å². The molecule has 102 valence electrons. The Labute approximate surface area is 113 Å². The van der Waals surface area contributed by atoms with Gasteiger partial charge in [0.2, 0.25) is 5.89 Å². The van der Waals surface area contributed by atoms with E-state index in [-0.39, 0.29) is 0 Å². The molecular formula is C15H21N3O. The van der Waals surface area contributed by atoms with E-state index in [2.05, 4.69) is 9.88 Å². The largest absolute Gasteiger partial charge is 0.439 e. The molecule has 1 aromatic heterocycles. The van der Waals surface area contributed by atoms with Crippen molar-refractivity contribution in [1.82, 2.24) is 9.88 Å². The van der Waals surface area contributed by atoms with Crippen LogP contribution in [0.2, 0.25) is 0 Å². The molecule has 2 heterocycles. The van der Waals surface area contributed by atoms with Gasteiger partial charge in [-0.2, -0.15) is 0 Å². The zero-order valence-corrected chi connectivity index (χ0v) is 11.2. The van der Waals surface area contributed by atoms with E-state index in [1.165, 1.54) is 12.8 Å². The van der Waals surface area contributed by atoms with Gasteiger partial charge in [-0.1, -0.05) is 12.1 Å². The predicted octanol–water partition coefficient (Wildman–Crippen LogP) is 2.39. The highest BCUT2D eigenvalue weighted by molar-refractivity contribution is 5.72. The molecule has 4 nitrogen and oxygen atoms in total. The molecule has 1 aliphatic heterocycles. The van der Waals surface area contributed by atoms with Crippen molar-refractivity contribution < 1.29 is 4.42 Å². The number of aromatic nitrogens is 1. The number of fused-ring (bicyclic) bond motifs is 1. The Kier molecular flexibility index (Phi) is 3.80. The monoisotopic (exact) mass is 259 g/mol.